The molecular weight excluding hydrogens is 202 g/mol. The summed E-state index contributed by atoms with van der Waals surface area (Å²) in [7, 11) is 0. The molecule has 0 spiro atoms. The largest absolute Gasteiger partial charge is 0.456 e. The van der Waals surface area contributed by atoms with Crippen molar-refractivity contribution in [2.45, 2.75) is 33.3 Å². The van der Waals surface area contributed by atoms with Crippen LogP contribution in [0.5, 0.6) is 0 Å². The number of nitrogens with zero attached hydrogens (tertiary/aromatic N) is 1. The monoisotopic (exact) mass is 217 g/mol. The normalized spacial score (nSPS) is 10.7. The van der Waals surface area contributed by atoms with Crippen molar-refractivity contribution in [3.05, 3.63) is 34.9 Å². The van der Waals surface area contributed by atoms with Gasteiger partial charge in [-0.15, -0.1) is 0 Å². The average molecular weight is 217 g/mol. The predicted octanol–water partition coefficient (Wildman–Crippen LogP) is 2.82. The fourth-order valence-corrected chi connectivity index (χ4v) is 1.26. The number of hydrogen-bond donors (Lipinski definition) is 0. The predicted molar refractivity (Wildman–Crippen MR) is 61.1 cm³/mol. The SMILES string of the molecule is Cc1ccc(C(=O)OC(C)(C)C)c(C#N)c1. The first-order valence-electron chi connectivity index (χ1n) is 5.07. The lowest BCUT2D eigenvalue weighted by atomic mass is 10.1. The molecular formula is C13H15NO2. The van der Waals surface area contributed by atoms with Gasteiger partial charge in [-0.3, -0.25) is 0 Å². The summed E-state index contributed by atoms with van der Waals surface area (Å²) in [6, 6.07) is 7.10. The average Bonchev–Trinajstić information content (AvgIpc) is 2.14. The second kappa shape index (κ2) is 4.36. The van der Waals surface area contributed by atoms with Crippen LogP contribution in [0.15, 0.2) is 18.2 Å². The van der Waals surface area contributed by atoms with E-state index in [1.807, 2.05) is 13.0 Å². The Balaban J connectivity index is 3.06. The summed E-state index contributed by atoms with van der Waals surface area (Å²) >= 11 is 0. The topological polar surface area (TPSA) is 50.1 Å². The summed E-state index contributed by atoms with van der Waals surface area (Å²) in [5, 5.41) is 8.93. The van der Waals surface area contributed by atoms with E-state index in [0.717, 1.165) is 5.56 Å². The van der Waals surface area contributed by atoms with Crippen LogP contribution in [0.2, 0.25) is 0 Å². The van der Waals surface area contributed by atoms with Gasteiger partial charge in [0.25, 0.3) is 0 Å². The van der Waals surface area contributed by atoms with E-state index >= 15 is 0 Å². The number of hydrogen-bond acceptors (Lipinski definition) is 3. The lowest BCUT2D eigenvalue weighted by molar-refractivity contribution is 0.00692. The Labute approximate surface area is 95.7 Å². The smallest absolute Gasteiger partial charge is 0.339 e. The first-order valence-corrected chi connectivity index (χ1v) is 5.07. The molecule has 0 N–H and O–H groups in total. The van der Waals surface area contributed by atoms with E-state index in [1.54, 1.807) is 39.0 Å². The number of carbonyl (C=O) groups is 1. The molecule has 16 heavy (non-hydrogen) atoms. The third kappa shape index (κ3) is 3.09. The maximum Gasteiger partial charge on any atom is 0.339 e. The Hall–Kier alpha value is -1.82. The standard InChI is InChI=1S/C13H15NO2/c1-9-5-6-11(10(7-9)8-14)12(15)16-13(2,3)4/h5-7H,1-4H3. The van der Waals surface area contributed by atoms with Crippen molar-refractivity contribution in [3.8, 4) is 6.07 Å². The molecule has 0 bridgehead atoms. The number of esters is 1. The maximum absolute atomic E-state index is 11.8. The molecule has 0 saturated heterocycles. The van der Waals surface area contributed by atoms with Crippen LogP contribution in [0.4, 0.5) is 0 Å². The number of aryl methyl sites for hydroxylation is 1. The van der Waals surface area contributed by atoms with Crippen molar-refractivity contribution in [3.63, 3.8) is 0 Å². The Bertz CT molecular complexity index is 450. The molecule has 0 unspecified atom stereocenters. The van der Waals surface area contributed by atoms with Crippen LogP contribution < -0.4 is 0 Å². The van der Waals surface area contributed by atoms with E-state index in [9.17, 15) is 4.79 Å². The van der Waals surface area contributed by atoms with Crippen molar-refractivity contribution < 1.29 is 9.53 Å². The fourth-order valence-electron chi connectivity index (χ4n) is 1.26. The molecule has 3 nitrogen and oxygen atoms in total. The van der Waals surface area contributed by atoms with Crippen LogP contribution in [0, 0.1) is 18.3 Å². The lowest BCUT2D eigenvalue weighted by Crippen LogP contribution is -2.24. The molecule has 1 aromatic rings. The number of ether oxygens (including phenoxy) is 1. The quantitative estimate of drug-likeness (QED) is 0.679. The minimum Gasteiger partial charge on any atom is -0.456 e. The van der Waals surface area contributed by atoms with Gasteiger partial charge < -0.3 is 4.74 Å². The zero-order chi connectivity index (χ0) is 12.3. The van der Waals surface area contributed by atoms with Crippen LogP contribution >= 0.6 is 0 Å². The highest BCUT2D eigenvalue weighted by Crippen LogP contribution is 2.16. The van der Waals surface area contributed by atoms with Gasteiger partial charge in [-0.05, 0) is 45.4 Å². The molecule has 0 saturated carbocycles. The van der Waals surface area contributed by atoms with Crippen molar-refractivity contribution >= 4 is 5.97 Å². The minimum atomic E-state index is -0.547. The molecule has 1 aromatic carbocycles. The zero-order valence-electron chi connectivity index (χ0n) is 10.00. The van der Waals surface area contributed by atoms with Gasteiger partial charge in [0.1, 0.15) is 11.7 Å². The minimum absolute atomic E-state index is 0.322. The van der Waals surface area contributed by atoms with Gasteiger partial charge in [0.15, 0.2) is 0 Å². The summed E-state index contributed by atoms with van der Waals surface area (Å²) in [5.41, 5.74) is 1.08. The summed E-state index contributed by atoms with van der Waals surface area (Å²) in [4.78, 5) is 11.8. The molecule has 0 amide bonds. The van der Waals surface area contributed by atoms with Crippen LogP contribution in [0.1, 0.15) is 42.3 Å². The molecule has 0 heterocycles. The molecule has 0 aromatic heterocycles. The van der Waals surface area contributed by atoms with Gasteiger partial charge in [0, 0.05) is 0 Å². The third-order valence-corrected chi connectivity index (χ3v) is 1.91. The Morgan fingerprint density at radius 2 is 2.00 bits per heavy atom. The molecule has 0 radical (unpaired) electrons. The highest BCUT2D eigenvalue weighted by Gasteiger charge is 2.20. The van der Waals surface area contributed by atoms with Gasteiger partial charge in [-0.1, -0.05) is 6.07 Å². The Morgan fingerprint density at radius 1 is 1.38 bits per heavy atom. The van der Waals surface area contributed by atoms with Gasteiger partial charge in [-0.2, -0.15) is 5.26 Å². The van der Waals surface area contributed by atoms with Gasteiger partial charge in [-0.25, -0.2) is 4.79 Å². The van der Waals surface area contributed by atoms with E-state index in [1.165, 1.54) is 0 Å². The van der Waals surface area contributed by atoms with Crippen molar-refractivity contribution in [1.29, 1.82) is 5.26 Å². The molecule has 0 aliphatic rings. The number of rotatable bonds is 1. The first-order chi connectivity index (χ1) is 7.33. The van der Waals surface area contributed by atoms with Crippen LogP contribution in [-0.4, -0.2) is 11.6 Å². The molecule has 0 aliphatic heterocycles. The molecule has 3 heteroatoms. The summed E-state index contributed by atoms with van der Waals surface area (Å²) in [6.45, 7) is 7.27. The summed E-state index contributed by atoms with van der Waals surface area (Å²) in [5.74, 6) is -0.455. The molecule has 0 atom stereocenters. The van der Waals surface area contributed by atoms with Gasteiger partial charge in [0.2, 0.25) is 0 Å². The van der Waals surface area contributed by atoms with Crippen LogP contribution in [0.3, 0.4) is 0 Å². The maximum atomic E-state index is 11.8. The Morgan fingerprint density at radius 3 is 2.50 bits per heavy atom. The first kappa shape index (κ1) is 12.3. The van der Waals surface area contributed by atoms with E-state index in [2.05, 4.69) is 0 Å². The van der Waals surface area contributed by atoms with Gasteiger partial charge in [0.05, 0.1) is 11.1 Å². The molecule has 0 aliphatic carbocycles. The number of nitriles is 1. The van der Waals surface area contributed by atoms with E-state index < -0.39 is 11.6 Å². The van der Waals surface area contributed by atoms with E-state index in [-0.39, 0.29) is 0 Å². The van der Waals surface area contributed by atoms with Crippen LogP contribution in [-0.2, 0) is 4.74 Å². The van der Waals surface area contributed by atoms with E-state index in [4.69, 9.17) is 10.00 Å². The molecule has 84 valence electrons. The van der Waals surface area contributed by atoms with Crippen molar-refractivity contribution in [2.75, 3.05) is 0 Å². The highest BCUT2D eigenvalue weighted by atomic mass is 16.6. The second-order valence-electron chi connectivity index (χ2n) is 4.66. The highest BCUT2D eigenvalue weighted by molar-refractivity contribution is 5.92. The van der Waals surface area contributed by atoms with Crippen molar-refractivity contribution in [2.24, 2.45) is 0 Å². The summed E-state index contributed by atoms with van der Waals surface area (Å²) in [6.07, 6.45) is 0. The van der Waals surface area contributed by atoms with Crippen molar-refractivity contribution in [1.82, 2.24) is 0 Å². The molecule has 0 fully saturated rings. The number of carbonyl (C=O) groups excluding carboxylic acids is 1. The van der Waals surface area contributed by atoms with Crippen LogP contribution in [0.25, 0.3) is 0 Å². The number of benzene rings is 1. The summed E-state index contributed by atoms with van der Waals surface area (Å²) < 4.78 is 5.22. The fraction of sp³-hybridized carbons (Fsp3) is 0.385. The Kier molecular flexibility index (Phi) is 3.34. The molecule has 1 rings (SSSR count). The second-order valence-corrected chi connectivity index (χ2v) is 4.66. The van der Waals surface area contributed by atoms with Gasteiger partial charge >= 0.3 is 5.97 Å². The third-order valence-electron chi connectivity index (χ3n) is 1.91. The zero-order valence-corrected chi connectivity index (χ0v) is 10.00. The lowest BCUT2D eigenvalue weighted by Gasteiger charge is -2.19. The van der Waals surface area contributed by atoms with E-state index in [0.29, 0.717) is 11.1 Å².